The molecule has 1 aromatic carbocycles. The van der Waals surface area contributed by atoms with Gasteiger partial charge in [0.2, 0.25) is 0 Å². The number of aryl methyl sites for hydroxylation is 1. The van der Waals surface area contributed by atoms with Gasteiger partial charge in [0.05, 0.1) is 5.69 Å². The number of hydrogen-bond acceptors (Lipinski definition) is 4. The molecule has 0 amide bonds. The van der Waals surface area contributed by atoms with Crippen molar-refractivity contribution in [1.29, 1.82) is 0 Å². The van der Waals surface area contributed by atoms with E-state index in [1.807, 2.05) is 6.07 Å². The fourth-order valence-electron chi connectivity index (χ4n) is 1.36. The van der Waals surface area contributed by atoms with Gasteiger partial charge in [-0.05, 0) is 41.1 Å². The Labute approximate surface area is 121 Å². The molecule has 0 aliphatic heterocycles. The zero-order chi connectivity index (χ0) is 13.3. The number of hydrogen-bond donors (Lipinski definition) is 2. The molecule has 0 radical (unpaired) electrons. The monoisotopic (exact) mass is 346 g/mol. The summed E-state index contributed by atoms with van der Waals surface area (Å²) in [7, 11) is 0. The van der Waals surface area contributed by atoms with Gasteiger partial charge in [-0.15, -0.1) is 11.3 Å². The molecule has 0 spiro atoms. The standard InChI is InChI=1S/C11H8BrClN2O2S/c1-5-9(10(16)17)15-11(18-5)14-8-4-6(13)2-3-7(8)12/h2-4H,1H3,(H,14,15)(H,16,17). The lowest BCUT2D eigenvalue weighted by molar-refractivity contribution is 0.0690. The van der Waals surface area contributed by atoms with Crippen molar-refractivity contribution in [3.05, 3.63) is 38.3 Å². The first kappa shape index (κ1) is 13.3. The normalized spacial score (nSPS) is 10.4. The molecule has 0 bridgehead atoms. The number of carboxylic acid groups (broad SMARTS) is 1. The van der Waals surface area contributed by atoms with E-state index in [4.69, 9.17) is 16.7 Å². The summed E-state index contributed by atoms with van der Waals surface area (Å²) in [6.45, 7) is 1.72. The molecule has 7 heteroatoms. The summed E-state index contributed by atoms with van der Waals surface area (Å²) in [5.41, 5.74) is 0.814. The summed E-state index contributed by atoms with van der Waals surface area (Å²) in [5.74, 6) is -1.03. The maximum Gasteiger partial charge on any atom is 0.355 e. The van der Waals surface area contributed by atoms with Crippen LogP contribution in [0.1, 0.15) is 15.4 Å². The summed E-state index contributed by atoms with van der Waals surface area (Å²) >= 11 is 10.6. The minimum atomic E-state index is -1.03. The van der Waals surface area contributed by atoms with E-state index in [9.17, 15) is 4.79 Å². The van der Waals surface area contributed by atoms with E-state index in [-0.39, 0.29) is 5.69 Å². The number of carbonyl (C=O) groups is 1. The van der Waals surface area contributed by atoms with Crippen LogP contribution >= 0.6 is 38.9 Å². The number of anilines is 2. The van der Waals surface area contributed by atoms with Crippen molar-refractivity contribution in [2.75, 3.05) is 5.32 Å². The Morgan fingerprint density at radius 2 is 2.28 bits per heavy atom. The Balaban J connectivity index is 2.31. The third-order valence-electron chi connectivity index (χ3n) is 2.17. The maximum absolute atomic E-state index is 10.9. The molecular weight excluding hydrogens is 340 g/mol. The molecule has 18 heavy (non-hydrogen) atoms. The highest BCUT2D eigenvalue weighted by molar-refractivity contribution is 9.10. The molecule has 0 aliphatic carbocycles. The first-order chi connectivity index (χ1) is 8.47. The molecule has 0 saturated heterocycles. The summed E-state index contributed by atoms with van der Waals surface area (Å²) in [6.07, 6.45) is 0. The van der Waals surface area contributed by atoms with Crippen molar-refractivity contribution in [1.82, 2.24) is 4.98 Å². The van der Waals surface area contributed by atoms with Gasteiger partial charge in [0.1, 0.15) is 0 Å². The Hall–Kier alpha value is -1.11. The van der Waals surface area contributed by atoms with E-state index in [0.29, 0.717) is 15.0 Å². The average Bonchev–Trinajstić information content (AvgIpc) is 2.65. The molecule has 0 saturated carbocycles. The molecule has 94 valence electrons. The molecular formula is C11H8BrClN2O2S. The van der Waals surface area contributed by atoms with Gasteiger partial charge in [0.25, 0.3) is 0 Å². The quantitative estimate of drug-likeness (QED) is 0.868. The predicted molar refractivity (Wildman–Crippen MR) is 76.2 cm³/mol. The second kappa shape index (κ2) is 5.26. The van der Waals surface area contributed by atoms with Crippen LogP contribution in [0.4, 0.5) is 10.8 Å². The molecule has 2 rings (SSSR count). The summed E-state index contributed by atoms with van der Waals surface area (Å²) in [5, 5.41) is 13.1. The molecule has 2 aromatic rings. The lowest BCUT2D eigenvalue weighted by atomic mass is 10.3. The molecule has 0 fully saturated rings. The fourth-order valence-corrected chi connectivity index (χ4v) is 2.69. The van der Waals surface area contributed by atoms with E-state index in [0.717, 1.165) is 10.2 Å². The Kier molecular flexibility index (Phi) is 3.89. The number of aromatic carboxylic acids is 1. The number of nitrogens with one attached hydrogen (secondary N) is 1. The third-order valence-corrected chi connectivity index (χ3v) is 3.98. The van der Waals surface area contributed by atoms with E-state index in [1.165, 1.54) is 11.3 Å². The largest absolute Gasteiger partial charge is 0.476 e. The average molecular weight is 348 g/mol. The van der Waals surface area contributed by atoms with Crippen LogP contribution in [0, 0.1) is 6.92 Å². The second-order valence-electron chi connectivity index (χ2n) is 3.48. The van der Waals surface area contributed by atoms with Crippen molar-refractivity contribution in [2.45, 2.75) is 6.92 Å². The van der Waals surface area contributed by atoms with Gasteiger partial charge in [-0.2, -0.15) is 0 Å². The minimum Gasteiger partial charge on any atom is -0.476 e. The predicted octanol–water partition coefficient (Wildman–Crippen LogP) is 4.31. The van der Waals surface area contributed by atoms with Crippen molar-refractivity contribution < 1.29 is 9.90 Å². The summed E-state index contributed by atoms with van der Waals surface area (Å²) < 4.78 is 0.830. The first-order valence-electron chi connectivity index (χ1n) is 4.90. The summed E-state index contributed by atoms with van der Waals surface area (Å²) in [4.78, 5) is 15.6. The second-order valence-corrected chi connectivity index (χ2v) is 5.97. The fraction of sp³-hybridized carbons (Fsp3) is 0.0909. The smallest absolute Gasteiger partial charge is 0.355 e. The van der Waals surface area contributed by atoms with Crippen LogP contribution in [-0.2, 0) is 0 Å². The number of aromatic nitrogens is 1. The van der Waals surface area contributed by atoms with Gasteiger partial charge >= 0.3 is 5.97 Å². The SMILES string of the molecule is Cc1sc(Nc2cc(Cl)ccc2Br)nc1C(=O)O. The van der Waals surface area contributed by atoms with Gasteiger partial charge in [0, 0.05) is 14.4 Å². The van der Waals surface area contributed by atoms with Crippen LogP contribution in [0.5, 0.6) is 0 Å². The van der Waals surface area contributed by atoms with E-state index in [2.05, 4.69) is 26.2 Å². The van der Waals surface area contributed by atoms with Crippen LogP contribution in [0.25, 0.3) is 0 Å². The molecule has 0 aliphatic rings. The Bertz CT molecular complexity index is 615. The minimum absolute atomic E-state index is 0.0700. The molecule has 2 N–H and O–H groups in total. The van der Waals surface area contributed by atoms with Crippen LogP contribution in [-0.4, -0.2) is 16.1 Å². The first-order valence-corrected chi connectivity index (χ1v) is 6.89. The van der Waals surface area contributed by atoms with Crippen LogP contribution in [0.3, 0.4) is 0 Å². The number of carboxylic acids is 1. The molecule has 1 heterocycles. The Morgan fingerprint density at radius 3 is 2.89 bits per heavy atom. The van der Waals surface area contributed by atoms with Crippen molar-refractivity contribution in [3.63, 3.8) is 0 Å². The van der Waals surface area contributed by atoms with Gasteiger partial charge in [-0.1, -0.05) is 11.6 Å². The highest BCUT2D eigenvalue weighted by atomic mass is 79.9. The topological polar surface area (TPSA) is 62.2 Å². The molecule has 4 nitrogen and oxygen atoms in total. The zero-order valence-electron chi connectivity index (χ0n) is 9.20. The van der Waals surface area contributed by atoms with Gasteiger partial charge in [0.15, 0.2) is 10.8 Å². The van der Waals surface area contributed by atoms with Gasteiger partial charge < -0.3 is 10.4 Å². The number of benzene rings is 1. The van der Waals surface area contributed by atoms with Crippen molar-refractivity contribution in [2.24, 2.45) is 0 Å². The van der Waals surface area contributed by atoms with E-state index >= 15 is 0 Å². The lowest BCUT2D eigenvalue weighted by Gasteiger charge is -2.05. The van der Waals surface area contributed by atoms with Crippen LogP contribution in [0.2, 0.25) is 5.02 Å². The number of thiazole rings is 1. The number of nitrogens with zero attached hydrogens (tertiary/aromatic N) is 1. The maximum atomic E-state index is 10.9. The van der Waals surface area contributed by atoms with Gasteiger partial charge in [-0.25, -0.2) is 9.78 Å². The highest BCUT2D eigenvalue weighted by Gasteiger charge is 2.14. The van der Waals surface area contributed by atoms with Crippen LogP contribution in [0.15, 0.2) is 22.7 Å². The molecule has 0 atom stereocenters. The highest BCUT2D eigenvalue weighted by Crippen LogP contribution is 2.31. The number of rotatable bonds is 3. The van der Waals surface area contributed by atoms with Crippen molar-refractivity contribution in [3.8, 4) is 0 Å². The molecule has 1 aromatic heterocycles. The third kappa shape index (κ3) is 2.82. The van der Waals surface area contributed by atoms with E-state index < -0.39 is 5.97 Å². The van der Waals surface area contributed by atoms with Crippen molar-refractivity contribution >= 4 is 55.7 Å². The summed E-state index contributed by atoms with van der Waals surface area (Å²) in [6, 6.07) is 5.30. The van der Waals surface area contributed by atoms with Crippen LogP contribution < -0.4 is 5.32 Å². The lowest BCUT2D eigenvalue weighted by Crippen LogP contribution is -1.99. The van der Waals surface area contributed by atoms with E-state index in [1.54, 1.807) is 19.1 Å². The van der Waals surface area contributed by atoms with Gasteiger partial charge in [-0.3, -0.25) is 0 Å². The Morgan fingerprint density at radius 1 is 1.56 bits per heavy atom. The molecule has 0 unspecified atom stereocenters. The number of halogens is 2. The zero-order valence-corrected chi connectivity index (χ0v) is 12.4.